The van der Waals surface area contributed by atoms with E-state index in [2.05, 4.69) is 5.32 Å². The Hall–Kier alpha value is -2.08. The first-order valence-electron chi connectivity index (χ1n) is 6.17. The average molecular weight is 292 g/mol. The average Bonchev–Trinajstić information content (AvgIpc) is 2.87. The summed E-state index contributed by atoms with van der Waals surface area (Å²) in [5, 5.41) is 2.73. The second-order valence-corrected chi connectivity index (χ2v) is 6.50. The van der Waals surface area contributed by atoms with Gasteiger partial charge >= 0.3 is 0 Å². The van der Waals surface area contributed by atoms with E-state index in [9.17, 15) is 13.2 Å². The van der Waals surface area contributed by atoms with Crippen molar-refractivity contribution in [1.82, 2.24) is 4.57 Å². The number of hydrogen-bond donors (Lipinski definition) is 1. The van der Waals surface area contributed by atoms with Crippen molar-refractivity contribution in [3.05, 3.63) is 48.3 Å². The molecule has 0 fully saturated rings. The summed E-state index contributed by atoms with van der Waals surface area (Å²) >= 11 is 0. The lowest BCUT2D eigenvalue weighted by Crippen LogP contribution is -2.11. The predicted molar refractivity (Wildman–Crippen MR) is 77.6 cm³/mol. The van der Waals surface area contributed by atoms with Gasteiger partial charge in [0.15, 0.2) is 9.84 Å². The fourth-order valence-electron chi connectivity index (χ4n) is 1.76. The van der Waals surface area contributed by atoms with Gasteiger partial charge in [0.1, 0.15) is 0 Å². The minimum atomic E-state index is -3.22. The summed E-state index contributed by atoms with van der Waals surface area (Å²) in [6.07, 6.45) is 4.75. The van der Waals surface area contributed by atoms with Crippen LogP contribution in [0.25, 0.3) is 0 Å². The van der Waals surface area contributed by atoms with Crippen LogP contribution < -0.4 is 5.32 Å². The SMILES string of the molecule is CCn1ccc(C(=O)Nc2ccc(S(C)(=O)=O)cc2)c1. The monoisotopic (exact) mass is 292 g/mol. The minimum Gasteiger partial charge on any atom is -0.354 e. The fourth-order valence-corrected chi connectivity index (χ4v) is 2.39. The van der Waals surface area contributed by atoms with Crippen LogP contribution in [0.5, 0.6) is 0 Å². The van der Waals surface area contributed by atoms with E-state index in [0.29, 0.717) is 11.3 Å². The lowest BCUT2D eigenvalue weighted by atomic mass is 10.3. The van der Waals surface area contributed by atoms with E-state index in [1.54, 1.807) is 24.4 Å². The number of amides is 1. The number of rotatable bonds is 4. The third-order valence-corrected chi connectivity index (χ3v) is 4.05. The van der Waals surface area contributed by atoms with Crippen LogP contribution in [-0.2, 0) is 16.4 Å². The highest BCUT2D eigenvalue weighted by molar-refractivity contribution is 7.90. The van der Waals surface area contributed by atoms with Crippen molar-refractivity contribution >= 4 is 21.4 Å². The van der Waals surface area contributed by atoms with Gasteiger partial charge in [-0.2, -0.15) is 0 Å². The zero-order valence-corrected chi connectivity index (χ0v) is 12.1. The fraction of sp³-hybridized carbons (Fsp3) is 0.214. The maximum atomic E-state index is 12.0. The highest BCUT2D eigenvalue weighted by Gasteiger charge is 2.09. The molecular weight excluding hydrogens is 276 g/mol. The molecule has 0 aliphatic carbocycles. The van der Waals surface area contributed by atoms with E-state index in [-0.39, 0.29) is 10.8 Å². The third kappa shape index (κ3) is 3.27. The molecule has 1 aromatic heterocycles. The first kappa shape index (κ1) is 14.3. The number of sulfone groups is 1. The van der Waals surface area contributed by atoms with Gasteiger partial charge in [0.2, 0.25) is 0 Å². The van der Waals surface area contributed by atoms with Gasteiger partial charge in [0.05, 0.1) is 10.5 Å². The second-order valence-electron chi connectivity index (χ2n) is 4.48. The summed E-state index contributed by atoms with van der Waals surface area (Å²) in [5.41, 5.74) is 1.13. The summed E-state index contributed by atoms with van der Waals surface area (Å²) in [4.78, 5) is 12.2. The number of aromatic nitrogens is 1. The number of benzene rings is 1. The van der Waals surface area contributed by atoms with Gasteiger partial charge in [-0.1, -0.05) is 0 Å². The molecule has 2 rings (SSSR count). The van der Waals surface area contributed by atoms with Gasteiger partial charge in [-0.25, -0.2) is 8.42 Å². The molecule has 5 nitrogen and oxygen atoms in total. The van der Waals surface area contributed by atoms with Crippen molar-refractivity contribution < 1.29 is 13.2 Å². The van der Waals surface area contributed by atoms with Gasteiger partial charge in [-0.15, -0.1) is 0 Å². The number of nitrogens with one attached hydrogen (secondary N) is 1. The van der Waals surface area contributed by atoms with E-state index >= 15 is 0 Å². The molecule has 2 aromatic rings. The maximum Gasteiger partial charge on any atom is 0.257 e. The first-order valence-corrected chi connectivity index (χ1v) is 8.06. The van der Waals surface area contributed by atoms with Crippen LogP contribution in [0.2, 0.25) is 0 Å². The highest BCUT2D eigenvalue weighted by atomic mass is 32.2. The third-order valence-electron chi connectivity index (χ3n) is 2.92. The number of hydrogen-bond acceptors (Lipinski definition) is 3. The van der Waals surface area contributed by atoms with E-state index < -0.39 is 9.84 Å². The van der Waals surface area contributed by atoms with E-state index in [4.69, 9.17) is 0 Å². The van der Waals surface area contributed by atoms with E-state index in [1.165, 1.54) is 12.1 Å². The topological polar surface area (TPSA) is 68.2 Å². The molecule has 0 atom stereocenters. The van der Waals surface area contributed by atoms with Crippen LogP contribution in [0.15, 0.2) is 47.6 Å². The Labute approximate surface area is 118 Å². The van der Waals surface area contributed by atoms with Gasteiger partial charge < -0.3 is 9.88 Å². The normalized spacial score (nSPS) is 11.3. The van der Waals surface area contributed by atoms with Crippen molar-refractivity contribution in [2.24, 2.45) is 0 Å². The summed E-state index contributed by atoms with van der Waals surface area (Å²) in [5.74, 6) is -0.218. The largest absolute Gasteiger partial charge is 0.354 e. The van der Waals surface area contributed by atoms with Gasteiger partial charge in [-0.3, -0.25) is 4.79 Å². The van der Waals surface area contributed by atoms with Crippen LogP contribution in [-0.4, -0.2) is 25.1 Å². The van der Waals surface area contributed by atoms with Crippen LogP contribution >= 0.6 is 0 Å². The Morgan fingerprint density at radius 3 is 2.35 bits per heavy atom. The lowest BCUT2D eigenvalue weighted by molar-refractivity contribution is 0.102. The van der Waals surface area contributed by atoms with Crippen molar-refractivity contribution in [2.75, 3.05) is 11.6 Å². The summed E-state index contributed by atoms with van der Waals surface area (Å²) in [6, 6.07) is 7.84. The Balaban J connectivity index is 2.12. The lowest BCUT2D eigenvalue weighted by Gasteiger charge is -2.05. The molecular formula is C14H16N2O3S. The molecule has 1 N–H and O–H groups in total. The van der Waals surface area contributed by atoms with Gasteiger partial charge in [0.25, 0.3) is 5.91 Å². The Kier molecular flexibility index (Phi) is 3.94. The van der Waals surface area contributed by atoms with Crippen LogP contribution in [0.3, 0.4) is 0 Å². The van der Waals surface area contributed by atoms with Crippen molar-refractivity contribution in [3.8, 4) is 0 Å². The standard InChI is InChI=1S/C14H16N2O3S/c1-3-16-9-8-11(10-16)14(17)15-12-4-6-13(7-5-12)20(2,18)19/h4-10H,3H2,1-2H3,(H,15,17). The molecule has 1 amide bonds. The van der Waals surface area contributed by atoms with Gasteiger partial charge in [-0.05, 0) is 37.3 Å². The summed E-state index contributed by atoms with van der Waals surface area (Å²) in [6.45, 7) is 2.79. The molecule has 0 saturated carbocycles. The first-order chi connectivity index (χ1) is 9.40. The molecule has 0 unspecified atom stereocenters. The van der Waals surface area contributed by atoms with Crippen molar-refractivity contribution in [2.45, 2.75) is 18.4 Å². The molecule has 1 heterocycles. The molecule has 0 radical (unpaired) electrons. The number of anilines is 1. The zero-order valence-electron chi connectivity index (χ0n) is 11.3. The molecule has 6 heteroatoms. The maximum absolute atomic E-state index is 12.0. The quantitative estimate of drug-likeness (QED) is 0.939. The van der Waals surface area contributed by atoms with Crippen LogP contribution in [0, 0.1) is 0 Å². The smallest absolute Gasteiger partial charge is 0.257 e. The highest BCUT2D eigenvalue weighted by Crippen LogP contribution is 2.15. The second kappa shape index (κ2) is 5.50. The van der Waals surface area contributed by atoms with Gasteiger partial charge in [0, 0.05) is 30.9 Å². The number of aryl methyl sites for hydroxylation is 1. The minimum absolute atomic E-state index is 0.218. The summed E-state index contributed by atoms with van der Waals surface area (Å²) in [7, 11) is -3.22. The molecule has 106 valence electrons. The zero-order chi connectivity index (χ0) is 14.8. The number of carbonyl (C=O) groups excluding carboxylic acids is 1. The van der Waals surface area contributed by atoms with E-state index in [1.807, 2.05) is 17.7 Å². The molecule has 0 aliphatic heterocycles. The molecule has 0 aliphatic rings. The molecule has 0 spiro atoms. The molecule has 0 bridgehead atoms. The summed E-state index contributed by atoms with van der Waals surface area (Å²) < 4.78 is 24.6. The van der Waals surface area contributed by atoms with Crippen LogP contribution in [0.4, 0.5) is 5.69 Å². The number of nitrogens with zero attached hydrogens (tertiary/aromatic N) is 1. The molecule has 1 aromatic carbocycles. The predicted octanol–water partition coefficient (Wildman–Crippen LogP) is 2.16. The van der Waals surface area contributed by atoms with E-state index in [0.717, 1.165) is 12.8 Å². The van der Waals surface area contributed by atoms with Crippen molar-refractivity contribution in [1.29, 1.82) is 0 Å². The number of carbonyl (C=O) groups is 1. The Morgan fingerprint density at radius 1 is 1.20 bits per heavy atom. The Bertz CT molecular complexity index is 715. The van der Waals surface area contributed by atoms with Crippen molar-refractivity contribution in [3.63, 3.8) is 0 Å². The van der Waals surface area contributed by atoms with Crippen LogP contribution in [0.1, 0.15) is 17.3 Å². The molecule has 0 saturated heterocycles. The Morgan fingerprint density at radius 2 is 1.85 bits per heavy atom. The molecule has 20 heavy (non-hydrogen) atoms.